The molecule has 2 heteroatoms. The summed E-state index contributed by atoms with van der Waals surface area (Å²) in [7, 11) is 0. The van der Waals surface area contributed by atoms with Gasteiger partial charge in [-0.1, -0.05) is 155 Å². The van der Waals surface area contributed by atoms with E-state index >= 15 is 0 Å². The van der Waals surface area contributed by atoms with Gasteiger partial charge < -0.3 is 9.47 Å². The summed E-state index contributed by atoms with van der Waals surface area (Å²) in [5.74, 6) is 0. The van der Waals surface area contributed by atoms with Crippen molar-refractivity contribution >= 4 is 38.9 Å². The molecule has 11 rings (SSSR count). The molecule has 2 aliphatic rings. The highest BCUT2D eigenvalue weighted by atomic mass is 15.1. The number of anilines is 3. The first-order valence-corrected chi connectivity index (χ1v) is 19.8. The van der Waals surface area contributed by atoms with Crippen molar-refractivity contribution < 1.29 is 0 Å². The Balaban J connectivity index is 1.10. The van der Waals surface area contributed by atoms with E-state index in [0.29, 0.717) is 0 Å². The molecule has 268 valence electrons. The SMILES string of the molecule is CC1(C)c2ccccc2-c2cc(N(c3ccc4c(c3)-c3ccccc3C4(C)C)c3ccccc3-c3ccc(-n4c5ccccc5c5ccccc54)cc3)ccc21. The van der Waals surface area contributed by atoms with Crippen LogP contribution in [-0.2, 0) is 10.8 Å². The van der Waals surface area contributed by atoms with Gasteiger partial charge in [-0.3, -0.25) is 0 Å². The number of benzene rings is 8. The number of rotatable bonds is 5. The van der Waals surface area contributed by atoms with Gasteiger partial charge in [-0.2, -0.15) is 0 Å². The minimum Gasteiger partial charge on any atom is -0.310 e. The fraction of sp³-hybridized carbons (Fsp3) is 0.111. The lowest BCUT2D eigenvalue weighted by molar-refractivity contribution is 0.660. The highest BCUT2D eigenvalue weighted by molar-refractivity contribution is 6.09. The van der Waals surface area contributed by atoms with Crippen LogP contribution in [0.25, 0.3) is 60.9 Å². The Hall–Kier alpha value is -6.64. The zero-order valence-electron chi connectivity index (χ0n) is 32.2. The van der Waals surface area contributed by atoms with E-state index in [2.05, 4.69) is 219 Å². The van der Waals surface area contributed by atoms with Gasteiger partial charge in [-0.15, -0.1) is 0 Å². The molecule has 0 fully saturated rings. The van der Waals surface area contributed by atoms with Crippen LogP contribution in [0.2, 0.25) is 0 Å². The molecule has 9 aromatic rings. The van der Waals surface area contributed by atoms with Crippen LogP contribution in [0.3, 0.4) is 0 Å². The second-order valence-corrected chi connectivity index (χ2v) is 16.6. The molecule has 0 saturated heterocycles. The molecule has 0 unspecified atom stereocenters. The zero-order chi connectivity index (χ0) is 37.8. The third-order valence-electron chi connectivity index (χ3n) is 12.8. The third-order valence-corrected chi connectivity index (χ3v) is 12.8. The van der Waals surface area contributed by atoms with E-state index in [-0.39, 0.29) is 10.8 Å². The van der Waals surface area contributed by atoms with Crippen LogP contribution in [0.15, 0.2) is 182 Å². The van der Waals surface area contributed by atoms with Crippen LogP contribution in [0, 0.1) is 0 Å². The topological polar surface area (TPSA) is 8.17 Å². The molecule has 2 nitrogen and oxygen atoms in total. The molecule has 0 saturated carbocycles. The van der Waals surface area contributed by atoms with Crippen molar-refractivity contribution in [3.8, 4) is 39.1 Å². The van der Waals surface area contributed by atoms with Gasteiger partial charge in [0, 0.05) is 44.2 Å². The van der Waals surface area contributed by atoms with Gasteiger partial charge in [0.25, 0.3) is 0 Å². The maximum Gasteiger partial charge on any atom is 0.0541 e. The second-order valence-electron chi connectivity index (χ2n) is 16.6. The summed E-state index contributed by atoms with van der Waals surface area (Å²) in [6.07, 6.45) is 0. The van der Waals surface area contributed by atoms with Gasteiger partial charge in [-0.05, 0) is 105 Å². The van der Waals surface area contributed by atoms with Gasteiger partial charge >= 0.3 is 0 Å². The standard InChI is InChI=1S/C54H42N2/c1-53(2)46-20-10-5-16-40(46)44-33-37(29-31-48(44)53)55(38-30-32-49-45(34-38)41-17-6-11-21-47(41)54(49,3)4)50-22-12-7-15-39(50)35-25-27-36(28-26-35)56-51-23-13-8-18-42(51)43-19-9-14-24-52(43)56/h5-34H,1-4H3. The molecule has 0 N–H and O–H groups in total. The lowest BCUT2D eigenvalue weighted by Gasteiger charge is -2.30. The molecular formula is C54H42N2. The van der Waals surface area contributed by atoms with Crippen molar-refractivity contribution in [2.75, 3.05) is 4.90 Å². The second kappa shape index (κ2) is 11.9. The van der Waals surface area contributed by atoms with Crippen molar-refractivity contribution in [2.24, 2.45) is 0 Å². The van der Waals surface area contributed by atoms with E-state index in [1.54, 1.807) is 0 Å². The molecule has 0 bridgehead atoms. The Labute approximate surface area is 328 Å². The van der Waals surface area contributed by atoms with E-state index in [1.807, 2.05) is 0 Å². The molecule has 1 heterocycles. The van der Waals surface area contributed by atoms with Gasteiger partial charge in [0.05, 0.1) is 16.7 Å². The number of fused-ring (bicyclic) bond motifs is 9. The Morgan fingerprint density at radius 2 is 0.804 bits per heavy atom. The quantitative estimate of drug-likeness (QED) is 0.172. The fourth-order valence-electron chi connectivity index (χ4n) is 10.0. The van der Waals surface area contributed by atoms with E-state index in [1.165, 1.54) is 77.4 Å². The first kappa shape index (κ1) is 32.8. The van der Waals surface area contributed by atoms with E-state index < -0.39 is 0 Å². The Morgan fingerprint density at radius 3 is 1.34 bits per heavy atom. The molecule has 0 atom stereocenters. The average molecular weight is 719 g/mol. The third kappa shape index (κ3) is 4.62. The van der Waals surface area contributed by atoms with Crippen LogP contribution in [0.4, 0.5) is 17.1 Å². The number of aromatic nitrogens is 1. The Kier molecular flexibility index (Phi) is 6.98. The number of nitrogens with zero attached hydrogens (tertiary/aromatic N) is 2. The van der Waals surface area contributed by atoms with Crippen molar-refractivity contribution in [1.82, 2.24) is 4.57 Å². The lowest BCUT2D eigenvalue weighted by Crippen LogP contribution is -2.16. The molecular weight excluding hydrogens is 677 g/mol. The normalized spacial score (nSPS) is 14.4. The van der Waals surface area contributed by atoms with E-state index in [9.17, 15) is 0 Å². The number of para-hydroxylation sites is 3. The summed E-state index contributed by atoms with van der Waals surface area (Å²) < 4.78 is 2.39. The molecule has 2 aliphatic carbocycles. The van der Waals surface area contributed by atoms with Gasteiger partial charge in [0.2, 0.25) is 0 Å². The largest absolute Gasteiger partial charge is 0.310 e. The number of hydrogen-bond acceptors (Lipinski definition) is 1. The minimum atomic E-state index is -0.0613. The monoisotopic (exact) mass is 718 g/mol. The lowest BCUT2D eigenvalue weighted by atomic mass is 9.82. The molecule has 0 spiro atoms. The molecule has 8 aromatic carbocycles. The molecule has 0 aliphatic heterocycles. The summed E-state index contributed by atoms with van der Waals surface area (Å²) in [5, 5.41) is 2.54. The van der Waals surface area contributed by atoms with Crippen LogP contribution in [-0.4, -0.2) is 4.57 Å². The highest BCUT2D eigenvalue weighted by Crippen LogP contribution is 2.53. The summed E-state index contributed by atoms with van der Waals surface area (Å²) in [6, 6.07) is 67.6. The maximum atomic E-state index is 2.48. The average Bonchev–Trinajstić information content (AvgIpc) is 3.78. The summed E-state index contributed by atoms with van der Waals surface area (Å²) >= 11 is 0. The summed E-state index contributed by atoms with van der Waals surface area (Å²) in [6.45, 7) is 9.42. The molecule has 56 heavy (non-hydrogen) atoms. The van der Waals surface area contributed by atoms with Gasteiger partial charge in [0.1, 0.15) is 0 Å². The zero-order valence-corrected chi connectivity index (χ0v) is 32.2. The minimum absolute atomic E-state index is 0.0613. The maximum absolute atomic E-state index is 2.48. The first-order valence-electron chi connectivity index (χ1n) is 19.8. The smallest absolute Gasteiger partial charge is 0.0541 e. The van der Waals surface area contributed by atoms with Crippen molar-refractivity contribution in [2.45, 2.75) is 38.5 Å². The Morgan fingerprint density at radius 1 is 0.375 bits per heavy atom. The van der Waals surface area contributed by atoms with Crippen LogP contribution >= 0.6 is 0 Å². The van der Waals surface area contributed by atoms with Crippen LogP contribution < -0.4 is 4.90 Å². The first-order chi connectivity index (χ1) is 27.3. The number of hydrogen-bond donors (Lipinski definition) is 0. The van der Waals surface area contributed by atoms with Crippen molar-refractivity contribution in [1.29, 1.82) is 0 Å². The van der Waals surface area contributed by atoms with Gasteiger partial charge in [-0.25, -0.2) is 0 Å². The van der Waals surface area contributed by atoms with Gasteiger partial charge in [0.15, 0.2) is 0 Å². The summed E-state index contributed by atoms with van der Waals surface area (Å²) in [4.78, 5) is 2.48. The fourth-order valence-corrected chi connectivity index (χ4v) is 10.0. The molecule has 1 aromatic heterocycles. The van der Waals surface area contributed by atoms with Crippen molar-refractivity contribution in [3.63, 3.8) is 0 Å². The molecule has 0 radical (unpaired) electrons. The van der Waals surface area contributed by atoms with E-state index in [4.69, 9.17) is 0 Å². The summed E-state index contributed by atoms with van der Waals surface area (Å²) in [5.41, 5.74) is 20.1. The van der Waals surface area contributed by atoms with Crippen molar-refractivity contribution in [3.05, 3.63) is 204 Å². The highest BCUT2D eigenvalue weighted by Gasteiger charge is 2.37. The van der Waals surface area contributed by atoms with Crippen LogP contribution in [0.1, 0.15) is 49.9 Å². The molecule has 0 amide bonds. The van der Waals surface area contributed by atoms with E-state index in [0.717, 1.165) is 22.7 Å². The van der Waals surface area contributed by atoms with Crippen LogP contribution in [0.5, 0.6) is 0 Å². The predicted molar refractivity (Wildman–Crippen MR) is 236 cm³/mol. The Bertz CT molecular complexity index is 2870. The predicted octanol–water partition coefficient (Wildman–Crippen LogP) is 14.5.